The summed E-state index contributed by atoms with van der Waals surface area (Å²) in [5.41, 5.74) is 0.930. The Labute approximate surface area is 277 Å². The molecule has 0 bridgehead atoms. The van der Waals surface area contributed by atoms with Gasteiger partial charge in [0.1, 0.15) is 18.1 Å². The molecule has 0 radical (unpaired) electrons. The molecule has 1 unspecified atom stereocenters. The number of ether oxygens (including phenoxy) is 3. The Morgan fingerprint density at radius 2 is 1.47 bits per heavy atom. The molecule has 11 heteroatoms. The second kappa shape index (κ2) is 14.5. The molecule has 1 saturated heterocycles. The molecule has 2 aliphatic rings. The van der Waals surface area contributed by atoms with Crippen molar-refractivity contribution in [3.63, 3.8) is 0 Å². The number of benzene rings is 4. The van der Waals surface area contributed by atoms with Gasteiger partial charge in [0, 0.05) is 49.1 Å². The van der Waals surface area contributed by atoms with Gasteiger partial charge < -0.3 is 24.0 Å². The Balaban J connectivity index is 0.934. The molecule has 248 valence electrons. The van der Waals surface area contributed by atoms with Crippen LogP contribution in [0.15, 0.2) is 88.7 Å². The number of hydrogen-bond acceptors (Lipinski definition) is 8. The zero-order valence-electron chi connectivity index (χ0n) is 26.5. The molecule has 4 aromatic carbocycles. The summed E-state index contributed by atoms with van der Waals surface area (Å²) in [6.45, 7) is 7.55. The van der Waals surface area contributed by atoms with Gasteiger partial charge in [-0.05, 0) is 85.3 Å². The lowest BCUT2D eigenvalue weighted by Gasteiger charge is -2.36. The molecule has 0 saturated carbocycles. The van der Waals surface area contributed by atoms with Crippen LogP contribution in [0.1, 0.15) is 18.9 Å². The lowest BCUT2D eigenvalue weighted by molar-refractivity contribution is -0.151. The molecular formula is C36H38F3N3O4S. The number of fused-ring (bicyclic) bond motifs is 3. The van der Waals surface area contributed by atoms with Gasteiger partial charge in [-0.2, -0.15) is 13.2 Å². The molecule has 7 nitrogen and oxygen atoms in total. The van der Waals surface area contributed by atoms with Gasteiger partial charge >= 0.3 is 12.1 Å². The largest absolute Gasteiger partial charge is 0.497 e. The number of anilines is 2. The molecule has 0 N–H and O–H groups in total. The van der Waals surface area contributed by atoms with Crippen LogP contribution in [-0.4, -0.2) is 81.4 Å². The number of rotatable bonds is 11. The van der Waals surface area contributed by atoms with E-state index in [2.05, 4.69) is 9.80 Å². The highest BCUT2D eigenvalue weighted by Gasteiger charge is 2.33. The molecular weight excluding hydrogens is 627 g/mol. The van der Waals surface area contributed by atoms with Crippen molar-refractivity contribution in [1.82, 2.24) is 9.80 Å². The van der Waals surface area contributed by atoms with Gasteiger partial charge in [-0.3, -0.25) is 4.90 Å². The summed E-state index contributed by atoms with van der Waals surface area (Å²) in [5.74, 6) is 0.977. The molecule has 2 aliphatic heterocycles. The normalized spacial score (nSPS) is 16.0. The molecule has 4 aromatic rings. The van der Waals surface area contributed by atoms with Gasteiger partial charge in [-0.25, -0.2) is 4.79 Å². The van der Waals surface area contributed by atoms with Crippen molar-refractivity contribution in [2.75, 3.05) is 64.4 Å². The molecule has 1 fully saturated rings. The lowest BCUT2D eigenvalue weighted by atomic mass is 10.1. The van der Waals surface area contributed by atoms with E-state index in [0.29, 0.717) is 24.5 Å². The topological polar surface area (TPSA) is 54.5 Å². The van der Waals surface area contributed by atoms with Crippen molar-refractivity contribution < 1.29 is 32.2 Å². The summed E-state index contributed by atoms with van der Waals surface area (Å²) < 4.78 is 57.3. The second-order valence-corrected chi connectivity index (χ2v) is 12.8. The van der Waals surface area contributed by atoms with Crippen LogP contribution in [0.25, 0.3) is 10.8 Å². The zero-order chi connectivity index (χ0) is 33.0. The fourth-order valence-electron chi connectivity index (χ4n) is 5.98. The van der Waals surface area contributed by atoms with Crippen LogP contribution in [0, 0.1) is 0 Å². The van der Waals surface area contributed by atoms with Crippen LogP contribution in [0.5, 0.6) is 11.5 Å². The number of esters is 1. The van der Waals surface area contributed by atoms with E-state index in [4.69, 9.17) is 14.2 Å². The molecule has 1 atom stereocenters. The fraction of sp³-hybridized carbons (Fsp3) is 0.361. The minimum absolute atomic E-state index is 0.287. The van der Waals surface area contributed by atoms with E-state index in [9.17, 15) is 18.0 Å². The van der Waals surface area contributed by atoms with Gasteiger partial charge in [0.05, 0.1) is 24.0 Å². The summed E-state index contributed by atoms with van der Waals surface area (Å²) in [6.07, 6.45) is -4.31. The Kier molecular flexibility index (Phi) is 10.1. The monoisotopic (exact) mass is 665 g/mol. The van der Waals surface area contributed by atoms with Crippen LogP contribution in [0.3, 0.4) is 0 Å². The SMILES string of the molecule is COc1ccc2cc(OC(C)C(=O)OCCN3CCN(CCCN4c5ccccc5Sc5ccc(C(F)(F)F)cc54)CC3)ccc2c1. The van der Waals surface area contributed by atoms with Crippen molar-refractivity contribution in [2.24, 2.45) is 0 Å². The first-order valence-electron chi connectivity index (χ1n) is 15.8. The van der Waals surface area contributed by atoms with E-state index < -0.39 is 23.8 Å². The van der Waals surface area contributed by atoms with E-state index in [0.717, 1.165) is 77.2 Å². The number of carbonyl (C=O) groups excluding carboxylic acids is 1. The van der Waals surface area contributed by atoms with Gasteiger partial charge in [-0.1, -0.05) is 36.0 Å². The number of carbonyl (C=O) groups is 1. The summed E-state index contributed by atoms with van der Waals surface area (Å²) in [6, 6.07) is 23.3. The van der Waals surface area contributed by atoms with Gasteiger partial charge in [0.25, 0.3) is 0 Å². The van der Waals surface area contributed by atoms with Crippen LogP contribution >= 0.6 is 11.8 Å². The third-order valence-corrected chi connectivity index (χ3v) is 9.72. The maximum absolute atomic E-state index is 13.5. The summed E-state index contributed by atoms with van der Waals surface area (Å²) in [5, 5.41) is 2.01. The number of piperazine rings is 1. The Bertz CT molecular complexity index is 1710. The summed E-state index contributed by atoms with van der Waals surface area (Å²) in [4.78, 5) is 21.2. The molecule has 0 amide bonds. The zero-order valence-corrected chi connectivity index (χ0v) is 27.3. The van der Waals surface area contributed by atoms with E-state index >= 15 is 0 Å². The molecule has 2 heterocycles. The molecule has 6 rings (SSSR count). The standard InChI is InChI=1S/C36H38F3N3O4S/c1-25(46-30-12-9-26-22-29(44-2)11-8-27(26)23-30)35(43)45-21-20-41-18-16-40(17-19-41)14-5-15-42-31-6-3-4-7-33(31)47-34-13-10-28(24-32(34)42)36(37,38)39/h3-4,6-13,22-25H,5,14-21H2,1-2H3. The minimum atomic E-state index is -4.39. The maximum Gasteiger partial charge on any atom is 0.416 e. The predicted octanol–water partition coefficient (Wildman–Crippen LogP) is 7.49. The quantitative estimate of drug-likeness (QED) is 0.153. The number of alkyl halides is 3. The van der Waals surface area contributed by atoms with Crippen LogP contribution in [0.4, 0.5) is 24.5 Å². The number of hydrogen-bond donors (Lipinski definition) is 0. The van der Waals surface area contributed by atoms with Crippen LogP contribution < -0.4 is 14.4 Å². The Morgan fingerprint density at radius 1 is 0.809 bits per heavy atom. The third kappa shape index (κ3) is 7.97. The van der Waals surface area contributed by atoms with E-state index in [1.165, 1.54) is 17.8 Å². The first-order valence-corrected chi connectivity index (χ1v) is 16.6. The highest BCUT2D eigenvalue weighted by molar-refractivity contribution is 7.99. The average molecular weight is 666 g/mol. The van der Waals surface area contributed by atoms with Crippen LogP contribution in [-0.2, 0) is 15.7 Å². The van der Waals surface area contributed by atoms with Gasteiger partial charge in [0.15, 0.2) is 6.10 Å². The average Bonchev–Trinajstić information content (AvgIpc) is 3.07. The van der Waals surface area contributed by atoms with Crippen molar-refractivity contribution >= 4 is 39.9 Å². The molecule has 0 spiro atoms. The summed E-state index contributed by atoms with van der Waals surface area (Å²) >= 11 is 1.51. The molecule has 47 heavy (non-hydrogen) atoms. The number of nitrogens with zero attached hydrogens (tertiary/aromatic N) is 3. The number of halogens is 3. The van der Waals surface area contributed by atoms with E-state index in [-0.39, 0.29) is 6.61 Å². The minimum Gasteiger partial charge on any atom is -0.497 e. The van der Waals surface area contributed by atoms with Crippen molar-refractivity contribution in [3.05, 3.63) is 84.4 Å². The smallest absolute Gasteiger partial charge is 0.416 e. The van der Waals surface area contributed by atoms with Crippen molar-refractivity contribution in [3.8, 4) is 11.5 Å². The predicted molar refractivity (Wildman–Crippen MR) is 178 cm³/mol. The maximum atomic E-state index is 13.5. The fourth-order valence-corrected chi connectivity index (χ4v) is 7.06. The molecule has 0 aromatic heterocycles. The lowest BCUT2D eigenvalue weighted by Crippen LogP contribution is -2.48. The first-order chi connectivity index (χ1) is 22.7. The number of methoxy groups -OCH3 is 1. The third-order valence-electron chi connectivity index (χ3n) is 8.59. The number of para-hydroxylation sites is 1. The van der Waals surface area contributed by atoms with Gasteiger partial charge in [0.2, 0.25) is 0 Å². The first kappa shape index (κ1) is 33.0. The Hall–Kier alpha value is -3.93. The van der Waals surface area contributed by atoms with Crippen molar-refractivity contribution in [2.45, 2.75) is 35.4 Å². The highest BCUT2D eigenvalue weighted by atomic mass is 32.2. The van der Waals surface area contributed by atoms with Crippen LogP contribution in [0.2, 0.25) is 0 Å². The van der Waals surface area contributed by atoms with Gasteiger partial charge in [-0.15, -0.1) is 0 Å². The Morgan fingerprint density at radius 3 is 2.19 bits per heavy atom. The molecule has 0 aliphatic carbocycles. The highest BCUT2D eigenvalue weighted by Crippen LogP contribution is 2.49. The van der Waals surface area contributed by atoms with E-state index in [1.54, 1.807) is 20.1 Å². The summed E-state index contributed by atoms with van der Waals surface area (Å²) in [7, 11) is 1.63. The van der Waals surface area contributed by atoms with Crippen molar-refractivity contribution in [1.29, 1.82) is 0 Å². The van der Waals surface area contributed by atoms with E-state index in [1.807, 2.05) is 65.6 Å². The second-order valence-electron chi connectivity index (χ2n) is 11.7.